The SMILES string of the molecule is Nc1ccc(Cl)cc1SCc1ccc(Cl)cc1Cl. The molecule has 1 nitrogen and oxygen atoms in total. The molecule has 2 N–H and O–H groups in total. The van der Waals surface area contributed by atoms with Crippen LogP contribution in [0.25, 0.3) is 0 Å². The molecule has 0 radical (unpaired) electrons. The zero-order valence-corrected chi connectivity index (χ0v) is 12.4. The van der Waals surface area contributed by atoms with E-state index in [4.69, 9.17) is 40.5 Å². The van der Waals surface area contributed by atoms with Gasteiger partial charge in [0.2, 0.25) is 0 Å². The fraction of sp³-hybridized carbons (Fsp3) is 0.0769. The fourth-order valence-corrected chi connectivity index (χ4v) is 3.23. The number of benzene rings is 2. The van der Waals surface area contributed by atoms with Gasteiger partial charge in [0.1, 0.15) is 0 Å². The van der Waals surface area contributed by atoms with Crippen molar-refractivity contribution >= 4 is 52.3 Å². The first kappa shape index (κ1) is 13.9. The molecule has 0 aliphatic heterocycles. The fourth-order valence-electron chi connectivity index (χ4n) is 1.43. The summed E-state index contributed by atoms with van der Waals surface area (Å²) in [4.78, 5) is 0.952. The van der Waals surface area contributed by atoms with Gasteiger partial charge in [0.15, 0.2) is 0 Å². The second-order valence-corrected chi connectivity index (χ2v) is 6.00. The maximum atomic E-state index is 6.11. The van der Waals surface area contributed by atoms with Crippen molar-refractivity contribution in [3.05, 3.63) is 57.0 Å². The van der Waals surface area contributed by atoms with Crippen LogP contribution < -0.4 is 5.73 Å². The van der Waals surface area contributed by atoms with Crippen molar-refractivity contribution in [2.75, 3.05) is 5.73 Å². The monoisotopic (exact) mass is 317 g/mol. The van der Waals surface area contributed by atoms with E-state index >= 15 is 0 Å². The van der Waals surface area contributed by atoms with Crippen LogP contribution in [0, 0.1) is 0 Å². The number of nitrogen functional groups attached to an aromatic ring is 1. The molecule has 0 atom stereocenters. The average molecular weight is 319 g/mol. The van der Waals surface area contributed by atoms with Crippen LogP contribution in [0.1, 0.15) is 5.56 Å². The molecular weight excluding hydrogens is 309 g/mol. The Bertz CT molecular complexity index is 572. The number of halogens is 3. The smallest absolute Gasteiger partial charge is 0.0461 e. The number of rotatable bonds is 3. The zero-order valence-electron chi connectivity index (χ0n) is 9.29. The summed E-state index contributed by atoms with van der Waals surface area (Å²) in [6, 6.07) is 10.9. The molecule has 0 aliphatic rings. The molecule has 0 bridgehead atoms. The van der Waals surface area contributed by atoms with Crippen molar-refractivity contribution in [1.29, 1.82) is 0 Å². The maximum absolute atomic E-state index is 6.11. The van der Waals surface area contributed by atoms with Gasteiger partial charge in [-0.2, -0.15) is 0 Å². The molecule has 2 aromatic rings. The molecule has 0 aliphatic carbocycles. The predicted molar refractivity (Wildman–Crippen MR) is 81.9 cm³/mol. The molecule has 18 heavy (non-hydrogen) atoms. The standard InChI is InChI=1S/C13H10Cl3NS/c14-9-2-1-8(11(16)5-9)7-18-13-6-10(15)3-4-12(13)17/h1-6H,7,17H2. The van der Waals surface area contributed by atoms with Crippen molar-refractivity contribution < 1.29 is 0 Å². The molecule has 2 rings (SSSR count). The topological polar surface area (TPSA) is 26.0 Å². The van der Waals surface area contributed by atoms with Gasteiger partial charge in [0, 0.05) is 31.4 Å². The highest BCUT2D eigenvalue weighted by Gasteiger charge is 2.05. The van der Waals surface area contributed by atoms with E-state index in [1.807, 2.05) is 18.2 Å². The van der Waals surface area contributed by atoms with E-state index in [1.54, 1.807) is 30.0 Å². The summed E-state index contributed by atoms with van der Waals surface area (Å²) >= 11 is 19.5. The van der Waals surface area contributed by atoms with Crippen molar-refractivity contribution in [1.82, 2.24) is 0 Å². The van der Waals surface area contributed by atoms with Crippen molar-refractivity contribution in [3.8, 4) is 0 Å². The van der Waals surface area contributed by atoms with Crippen LogP contribution in [0.4, 0.5) is 5.69 Å². The van der Waals surface area contributed by atoms with Gasteiger partial charge < -0.3 is 5.73 Å². The first-order valence-electron chi connectivity index (χ1n) is 5.18. The van der Waals surface area contributed by atoms with Crippen molar-refractivity contribution in [2.45, 2.75) is 10.6 Å². The number of thioether (sulfide) groups is 1. The molecule has 0 saturated heterocycles. The molecule has 0 heterocycles. The zero-order chi connectivity index (χ0) is 13.1. The predicted octanol–water partition coefficient (Wildman–Crippen LogP) is 5.52. The third kappa shape index (κ3) is 3.48. The summed E-state index contributed by atoms with van der Waals surface area (Å²) in [5.41, 5.74) is 7.62. The minimum atomic E-state index is 0.635. The van der Waals surface area contributed by atoms with Gasteiger partial charge in [0.05, 0.1) is 0 Å². The van der Waals surface area contributed by atoms with Crippen LogP contribution in [-0.4, -0.2) is 0 Å². The van der Waals surface area contributed by atoms with Crippen LogP contribution in [0.15, 0.2) is 41.3 Å². The van der Waals surface area contributed by atoms with Crippen LogP contribution in [0.5, 0.6) is 0 Å². The average Bonchev–Trinajstić information content (AvgIpc) is 2.32. The largest absolute Gasteiger partial charge is 0.398 e. The second-order valence-electron chi connectivity index (χ2n) is 3.71. The lowest BCUT2D eigenvalue weighted by Crippen LogP contribution is -1.89. The van der Waals surface area contributed by atoms with Gasteiger partial charge in [0.25, 0.3) is 0 Å². The Morgan fingerprint density at radius 1 is 0.944 bits per heavy atom. The first-order chi connectivity index (χ1) is 8.56. The minimum absolute atomic E-state index is 0.635. The van der Waals surface area contributed by atoms with Crippen LogP contribution >= 0.6 is 46.6 Å². The minimum Gasteiger partial charge on any atom is -0.398 e. The van der Waals surface area contributed by atoms with Crippen LogP contribution in [0.2, 0.25) is 15.1 Å². The summed E-state index contributed by atoms with van der Waals surface area (Å²) in [6.07, 6.45) is 0. The molecular formula is C13H10Cl3NS. The molecule has 0 spiro atoms. The van der Waals surface area contributed by atoms with E-state index in [9.17, 15) is 0 Å². The summed E-state index contributed by atoms with van der Waals surface area (Å²) < 4.78 is 0. The lowest BCUT2D eigenvalue weighted by atomic mass is 10.2. The summed E-state index contributed by atoms with van der Waals surface area (Å²) in [6.45, 7) is 0. The van der Waals surface area contributed by atoms with E-state index in [0.29, 0.717) is 15.1 Å². The normalized spacial score (nSPS) is 10.6. The quantitative estimate of drug-likeness (QED) is 0.595. The summed E-state index contributed by atoms with van der Waals surface area (Å²) in [5, 5.41) is 1.97. The van der Waals surface area contributed by atoms with E-state index in [1.165, 1.54) is 0 Å². The Labute approximate surface area is 125 Å². The summed E-state index contributed by atoms with van der Waals surface area (Å²) in [5.74, 6) is 0.723. The molecule has 5 heteroatoms. The Morgan fingerprint density at radius 2 is 1.61 bits per heavy atom. The van der Waals surface area contributed by atoms with E-state index < -0.39 is 0 Å². The number of hydrogen-bond acceptors (Lipinski definition) is 2. The highest BCUT2D eigenvalue weighted by Crippen LogP contribution is 2.33. The van der Waals surface area contributed by atoms with Gasteiger partial charge >= 0.3 is 0 Å². The molecule has 94 valence electrons. The Kier molecular flexibility index (Phi) is 4.68. The van der Waals surface area contributed by atoms with Gasteiger partial charge in [-0.15, -0.1) is 11.8 Å². The summed E-state index contributed by atoms with van der Waals surface area (Å²) in [7, 11) is 0. The Balaban J connectivity index is 2.13. The number of anilines is 1. The first-order valence-corrected chi connectivity index (χ1v) is 7.30. The molecule has 0 unspecified atom stereocenters. The molecule has 2 aromatic carbocycles. The van der Waals surface area contributed by atoms with Gasteiger partial charge in [-0.25, -0.2) is 0 Å². The maximum Gasteiger partial charge on any atom is 0.0461 e. The van der Waals surface area contributed by atoms with Crippen molar-refractivity contribution in [3.63, 3.8) is 0 Å². The van der Waals surface area contributed by atoms with Crippen LogP contribution in [-0.2, 0) is 5.75 Å². The van der Waals surface area contributed by atoms with Gasteiger partial charge in [-0.3, -0.25) is 0 Å². The number of nitrogens with two attached hydrogens (primary N) is 1. The van der Waals surface area contributed by atoms with E-state index in [-0.39, 0.29) is 0 Å². The molecule has 0 fully saturated rings. The third-order valence-corrected chi connectivity index (χ3v) is 4.32. The van der Waals surface area contributed by atoms with Crippen molar-refractivity contribution in [2.24, 2.45) is 0 Å². The van der Waals surface area contributed by atoms with Crippen LogP contribution in [0.3, 0.4) is 0 Å². The molecule has 0 saturated carbocycles. The highest BCUT2D eigenvalue weighted by molar-refractivity contribution is 7.98. The van der Waals surface area contributed by atoms with E-state index in [0.717, 1.165) is 21.9 Å². The Morgan fingerprint density at radius 3 is 2.33 bits per heavy atom. The molecule has 0 aromatic heterocycles. The van der Waals surface area contributed by atoms with Gasteiger partial charge in [-0.05, 0) is 35.9 Å². The highest BCUT2D eigenvalue weighted by atomic mass is 35.5. The van der Waals surface area contributed by atoms with E-state index in [2.05, 4.69) is 0 Å². The third-order valence-electron chi connectivity index (χ3n) is 2.37. The lowest BCUT2D eigenvalue weighted by molar-refractivity contribution is 1.38. The number of hydrogen-bond donors (Lipinski definition) is 1. The molecule has 0 amide bonds. The lowest BCUT2D eigenvalue weighted by Gasteiger charge is -2.07. The second kappa shape index (κ2) is 6.07. The van der Waals surface area contributed by atoms with Gasteiger partial charge in [-0.1, -0.05) is 40.9 Å². The Hall–Kier alpha value is -0.540.